The van der Waals surface area contributed by atoms with Crippen LogP contribution in [0.15, 0.2) is 48.5 Å². The molecule has 0 aromatic heterocycles. The fraction of sp³-hybridized carbons (Fsp3) is 0.133. The summed E-state index contributed by atoms with van der Waals surface area (Å²) in [4.78, 5) is 12.0. The van der Waals surface area contributed by atoms with E-state index in [4.69, 9.17) is 9.47 Å². The van der Waals surface area contributed by atoms with E-state index in [0.717, 1.165) is 0 Å². The first-order valence-corrected chi connectivity index (χ1v) is 5.79. The first-order chi connectivity index (χ1) is 9.20. The summed E-state index contributed by atoms with van der Waals surface area (Å²) in [6, 6.07) is 13.5. The number of hydrogen-bond acceptors (Lipinski definition) is 4. The minimum atomic E-state index is -0.305. The maximum Gasteiger partial charge on any atom is 0.204 e. The van der Waals surface area contributed by atoms with Crippen LogP contribution in [-0.4, -0.2) is 24.6 Å². The van der Waals surface area contributed by atoms with Gasteiger partial charge in [0.1, 0.15) is 17.2 Å². The summed E-state index contributed by atoms with van der Waals surface area (Å²) < 4.78 is 10.4. The molecular weight excluding hydrogens is 244 g/mol. The van der Waals surface area contributed by atoms with Crippen LogP contribution in [0.2, 0.25) is 0 Å². The third-order valence-electron chi connectivity index (χ3n) is 2.62. The van der Waals surface area contributed by atoms with Gasteiger partial charge in [0.2, 0.25) is 5.78 Å². The summed E-state index contributed by atoms with van der Waals surface area (Å²) >= 11 is 0. The molecule has 4 heteroatoms. The molecule has 0 aliphatic rings. The van der Waals surface area contributed by atoms with Crippen LogP contribution in [0.25, 0.3) is 0 Å². The van der Waals surface area contributed by atoms with Crippen molar-refractivity contribution in [3.63, 3.8) is 0 Å². The van der Waals surface area contributed by atoms with Crippen LogP contribution in [0.5, 0.6) is 17.2 Å². The van der Waals surface area contributed by atoms with Gasteiger partial charge in [-0.2, -0.15) is 0 Å². The summed E-state index contributed by atoms with van der Waals surface area (Å²) in [5.74, 6) is 0.738. The molecule has 0 amide bonds. The number of phenolic OH excluding ortho intramolecular Hbond substituents is 1. The SMILES string of the molecule is COc1ccc(O)c(C(=O)COc2ccccc2)c1. The van der Waals surface area contributed by atoms with Crippen molar-refractivity contribution in [2.75, 3.05) is 13.7 Å². The van der Waals surface area contributed by atoms with Crippen molar-refractivity contribution < 1.29 is 19.4 Å². The van der Waals surface area contributed by atoms with E-state index >= 15 is 0 Å². The maximum atomic E-state index is 12.0. The molecule has 0 saturated heterocycles. The lowest BCUT2D eigenvalue weighted by Crippen LogP contribution is -2.11. The number of ether oxygens (including phenoxy) is 2. The second-order valence-corrected chi connectivity index (χ2v) is 3.91. The molecule has 98 valence electrons. The van der Waals surface area contributed by atoms with Gasteiger partial charge in [0.05, 0.1) is 12.7 Å². The molecule has 0 atom stereocenters. The van der Waals surface area contributed by atoms with E-state index < -0.39 is 0 Å². The first kappa shape index (κ1) is 13.0. The summed E-state index contributed by atoms with van der Waals surface area (Å²) in [7, 11) is 1.50. The number of rotatable bonds is 5. The van der Waals surface area contributed by atoms with Crippen molar-refractivity contribution in [1.29, 1.82) is 0 Å². The van der Waals surface area contributed by atoms with Crippen molar-refractivity contribution in [3.8, 4) is 17.2 Å². The smallest absolute Gasteiger partial charge is 0.204 e. The van der Waals surface area contributed by atoms with Crippen molar-refractivity contribution >= 4 is 5.78 Å². The van der Waals surface area contributed by atoms with Crippen LogP contribution in [0.1, 0.15) is 10.4 Å². The number of phenols is 1. The number of ketones is 1. The van der Waals surface area contributed by atoms with Crippen LogP contribution < -0.4 is 9.47 Å². The van der Waals surface area contributed by atoms with Gasteiger partial charge in [-0.15, -0.1) is 0 Å². The molecular formula is C15H14O4. The van der Waals surface area contributed by atoms with Crippen molar-refractivity contribution in [2.45, 2.75) is 0 Å². The van der Waals surface area contributed by atoms with E-state index in [9.17, 15) is 9.90 Å². The fourth-order valence-electron chi connectivity index (χ4n) is 1.61. The average molecular weight is 258 g/mol. The van der Waals surface area contributed by atoms with Gasteiger partial charge in [-0.05, 0) is 30.3 Å². The molecule has 0 aliphatic carbocycles. The number of carbonyl (C=O) groups is 1. The lowest BCUT2D eigenvalue weighted by atomic mass is 10.1. The normalized spacial score (nSPS) is 9.95. The molecule has 0 saturated carbocycles. The van der Waals surface area contributed by atoms with E-state index in [1.165, 1.54) is 19.2 Å². The number of hydrogen-bond donors (Lipinski definition) is 1. The Morgan fingerprint density at radius 1 is 1.11 bits per heavy atom. The lowest BCUT2D eigenvalue weighted by molar-refractivity contribution is 0.0918. The molecule has 2 rings (SSSR count). The Morgan fingerprint density at radius 3 is 2.53 bits per heavy atom. The van der Waals surface area contributed by atoms with Crippen LogP contribution >= 0.6 is 0 Å². The number of methoxy groups -OCH3 is 1. The van der Waals surface area contributed by atoms with Crippen LogP contribution in [0, 0.1) is 0 Å². The third-order valence-corrected chi connectivity index (χ3v) is 2.62. The predicted octanol–water partition coefficient (Wildman–Crippen LogP) is 2.66. The third kappa shape index (κ3) is 3.25. The summed E-state index contributed by atoms with van der Waals surface area (Å²) in [5.41, 5.74) is 0.190. The Balaban J connectivity index is 2.08. The zero-order valence-corrected chi connectivity index (χ0v) is 10.5. The predicted molar refractivity (Wildman–Crippen MR) is 70.9 cm³/mol. The standard InChI is InChI=1S/C15H14O4/c1-18-12-7-8-14(16)13(9-12)15(17)10-19-11-5-3-2-4-6-11/h2-9,16H,10H2,1H3. The molecule has 0 spiro atoms. The minimum Gasteiger partial charge on any atom is -0.507 e. The fourth-order valence-corrected chi connectivity index (χ4v) is 1.61. The maximum absolute atomic E-state index is 12.0. The van der Waals surface area contributed by atoms with Gasteiger partial charge in [-0.1, -0.05) is 18.2 Å². The van der Waals surface area contributed by atoms with E-state index in [1.54, 1.807) is 18.2 Å². The molecule has 2 aromatic rings. The van der Waals surface area contributed by atoms with Gasteiger partial charge in [-0.25, -0.2) is 0 Å². The molecule has 19 heavy (non-hydrogen) atoms. The first-order valence-electron chi connectivity index (χ1n) is 5.79. The highest BCUT2D eigenvalue weighted by molar-refractivity contribution is 6.00. The van der Waals surface area contributed by atoms with Crippen molar-refractivity contribution in [2.24, 2.45) is 0 Å². The molecule has 0 fully saturated rings. The van der Waals surface area contributed by atoms with E-state index in [-0.39, 0.29) is 23.7 Å². The van der Waals surface area contributed by atoms with Gasteiger partial charge in [0.25, 0.3) is 0 Å². The van der Waals surface area contributed by atoms with Crippen molar-refractivity contribution in [1.82, 2.24) is 0 Å². The van der Waals surface area contributed by atoms with Crippen molar-refractivity contribution in [3.05, 3.63) is 54.1 Å². The Morgan fingerprint density at radius 2 is 1.84 bits per heavy atom. The number of benzene rings is 2. The Hall–Kier alpha value is -2.49. The highest BCUT2D eigenvalue weighted by Gasteiger charge is 2.13. The van der Waals surface area contributed by atoms with Gasteiger partial charge in [0, 0.05) is 0 Å². The number of para-hydroxylation sites is 1. The quantitative estimate of drug-likeness (QED) is 0.838. The summed E-state index contributed by atoms with van der Waals surface area (Å²) in [6.07, 6.45) is 0. The highest BCUT2D eigenvalue weighted by Crippen LogP contribution is 2.23. The van der Waals surface area contributed by atoms with Crippen LogP contribution in [0.4, 0.5) is 0 Å². The largest absolute Gasteiger partial charge is 0.507 e. The van der Waals surface area contributed by atoms with Gasteiger partial charge < -0.3 is 14.6 Å². The van der Waals surface area contributed by atoms with Crippen LogP contribution in [0.3, 0.4) is 0 Å². The molecule has 0 unspecified atom stereocenters. The average Bonchev–Trinajstić information content (AvgIpc) is 2.46. The number of aromatic hydroxyl groups is 1. The number of Topliss-reactive ketones (excluding diaryl/α,β-unsaturated/α-hetero) is 1. The summed E-state index contributed by atoms with van der Waals surface area (Å²) in [6.45, 7) is -0.134. The summed E-state index contributed by atoms with van der Waals surface area (Å²) in [5, 5.41) is 9.67. The van der Waals surface area contributed by atoms with E-state index in [0.29, 0.717) is 11.5 Å². The van der Waals surface area contributed by atoms with Crippen LogP contribution in [-0.2, 0) is 0 Å². The zero-order chi connectivity index (χ0) is 13.7. The van der Waals surface area contributed by atoms with Gasteiger partial charge in [-0.3, -0.25) is 4.79 Å². The monoisotopic (exact) mass is 258 g/mol. The van der Waals surface area contributed by atoms with Gasteiger partial charge >= 0.3 is 0 Å². The molecule has 2 aromatic carbocycles. The topological polar surface area (TPSA) is 55.8 Å². The minimum absolute atomic E-state index is 0.0811. The molecule has 1 N–H and O–H groups in total. The second kappa shape index (κ2) is 5.91. The molecule has 0 radical (unpaired) electrons. The lowest BCUT2D eigenvalue weighted by Gasteiger charge is -2.08. The van der Waals surface area contributed by atoms with Gasteiger partial charge in [0.15, 0.2) is 6.61 Å². The Kier molecular flexibility index (Phi) is 4.03. The molecule has 0 aliphatic heterocycles. The van der Waals surface area contributed by atoms with E-state index in [1.807, 2.05) is 18.2 Å². The van der Waals surface area contributed by atoms with E-state index in [2.05, 4.69) is 0 Å². The molecule has 0 heterocycles. The highest BCUT2D eigenvalue weighted by atomic mass is 16.5. The number of carbonyl (C=O) groups excluding carboxylic acids is 1. The molecule has 0 bridgehead atoms. The second-order valence-electron chi connectivity index (χ2n) is 3.91. The Labute approximate surface area is 111 Å². The Bertz CT molecular complexity index is 564. The molecule has 4 nitrogen and oxygen atoms in total. The zero-order valence-electron chi connectivity index (χ0n) is 10.5.